The quantitative estimate of drug-likeness (QED) is 0.761. The minimum atomic E-state index is -0.578. The van der Waals surface area contributed by atoms with E-state index in [1.165, 1.54) is 0 Å². The lowest BCUT2D eigenvalue weighted by molar-refractivity contribution is 0.0944. The molecule has 1 atom stereocenters. The SMILES string of the molecule is O=C(NCCC(O)c1ccccc1)c1cccc2ncccc12. The highest BCUT2D eigenvalue weighted by Gasteiger charge is 2.11. The van der Waals surface area contributed by atoms with Crippen molar-refractivity contribution in [1.82, 2.24) is 10.3 Å². The lowest BCUT2D eigenvalue weighted by Gasteiger charge is -2.12. The molecule has 0 saturated heterocycles. The molecular weight excluding hydrogens is 288 g/mol. The molecule has 0 aliphatic carbocycles. The third-order valence-electron chi connectivity index (χ3n) is 3.78. The summed E-state index contributed by atoms with van der Waals surface area (Å²) in [6.45, 7) is 0.408. The number of carbonyl (C=O) groups excluding carboxylic acids is 1. The molecule has 1 aromatic heterocycles. The number of aliphatic hydroxyl groups is 1. The number of hydrogen-bond donors (Lipinski definition) is 2. The molecule has 2 N–H and O–H groups in total. The fourth-order valence-corrected chi connectivity index (χ4v) is 2.56. The largest absolute Gasteiger partial charge is 0.388 e. The lowest BCUT2D eigenvalue weighted by atomic mass is 10.1. The average Bonchev–Trinajstić information content (AvgIpc) is 2.61. The van der Waals surface area contributed by atoms with E-state index in [1.807, 2.05) is 54.6 Å². The molecule has 1 unspecified atom stereocenters. The minimum Gasteiger partial charge on any atom is -0.388 e. The first-order valence-corrected chi connectivity index (χ1v) is 7.60. The van der Waals surface area contributed by atoms with Crippen LogP contribution in [0.3, 0.4) is 0 Å². The molecule has 0 radical (unpaired) electrons. The number of carbonyl (C=O) groups is 1. The smallest absolute Gasteiger partial charge is 0.251 e. The molecule has 23 heavy (non-hydrogen) atoms. The van der Waals surface area contributed by atoms with Gasteiger partial charge in [-0.25, -0.2) is 0 Å². The number of nitrogens with one attached hydrogen (secondary N) is 1. The Labute approximate surface area is 134 Å². The Morgan fingerprint density at radius 1 is 1.04 bits per heavy atom. The van der Waals surface area contributed by atoms with E-state index in [0.717, 1.165) is 16.5 Å². The fourth-order valence-electron chi connectivity index (χ4n) is 2.56. The normalized spacial score (nSPS) is 12.0. The Kier molecular flexibility index (Phi) is 4.64. The molecule has 0 saturated carbocycles. The van der Waals surface area contributed by atoms with Crippen LogP contribution in [-0.4, -0.2) is 22.5 Å². The van der Waals surface area contributed by atoms with E-state index in [1.54, 1.807) is 12.3 Å². The van der Waals surface area contributed by atoms with Crippen molar-refractivity contribution in [3.63, 3.8) is 0 Å². The zero-order chi connectivity index (χ0) is 16.1. The fraction of sp³-hybridized carbons (Fsp3) is 0.158. The van der Waals surface area contributed by atoms with Gasteiger partial charge in [-0.2, -0.15) is 0 Å². The van der Waals surface area contributed by atoms with Gasteiger partial charge in [0.05, 0.1) is 11.6 Å². The minimum absolute atomic E-state index is 0.149. The zero-order valence-electron chi connectivity index (χ0n) is 12.6. The summed E-state index contributed by atoms with van der Waals surface area (Å²) >= 11 is 0. The number of aliphatic hydroxyl groups excluding tert-OH is 1. The van der Waals surface area contributed by atoms with Crippen LogP contribution in [0.15, 0.2) is 66.9 Å². The molecule has 0 aliphatic rings. The molecule has 4 nitrogen and oxygen atoms in total. The first-order chi connectivity index (χ1) is 11.3. The van der Waals surface area contributed by atoms with E-state index >= 15 is 0 Å². The van der Waals surface area contributed by atoms with Crippen LogP contribution in [0.2, 0.25) is 0 Å². The Hall–Kier alpha value is -2.72. The van der Waals surface area contributed by atoms with Crippen LogP contribution in [0.25, 0.3) is 10.9 Å². The van der Waals surface area contributed by atoms with Gasteiger partial charge in [-0.3, -0.25) is 9.78 Å². The Balaban J connectivity index is 1.63. The maximum absolute atomic E-state index is 12.4. The van der Waals surface area contributed by atoms with Crippen molar-refractivity contribution in [1.29, 1.82) is 0 Å². The van der Waals surface area contributed by atoms with Crippen LogP contribution in [-0.2, 0) is 0 Å². The Morgan fingerprint density at radius 3 is 2.70 bits per heavy atom. The number of fused-ring (bicyclic) bond motifs is 1. The maximum atomic E-state index is 12.4. The summed E-state index contributed by atoms with van der Waals surface area (Å²) < 4.78 is 0. The molecular formula is C19H18N2O2. The summed E-state index contributed by atoms with van der Waals surface area (Å²) in [7, 11) is 0. The standard InChI is InChI=1S/C19H18N2O2/c22-18(14-6-2-1-3-7-14)11-13-21-19(23)16-8-4-10-17-15(16)9-5-12-20-17/h1-10,12,18,22H,11,13H2,(H,21,23). The van der Waals surface area contributed by atoms with Gasteiger partial charge < -0.3 is 10.4 Å². The van der Waals surface area contributed by atoms with Crippen molar-refractivity contribution in [2.45, 2.75) is 12.5 Å². The van der Waals surface area contributed by atoms with Crippen molar-refractivity contribution in [2.24, 2.45) is 0 Å². The Morgan fingerprint density at radius 2 is 1.87 bits per heavy atom. The first kappa shape index (κ1) is 15.2. The van der Waals surface area contributed by atoms with Crippen molar-refractivity contribution < 1.29 is 9.90 Å². The van der Waals surface area contributed by atoms with E-state index in [2.05, 4.69) is 10.3 Å². The van der Waals surface area contributed by atoms with Gasteiger partial charge in [0.2, 0.25) is 0 Å². The molecule has 1 heterocycles. The summed E-state index contributed by atoms with van der Waals surface area (Å²) in [5.74, 6) is -0.149. The van der Waals surface area contributed by atoms with E-state index in [0.29, 0.717) is 18.5 Å². The van der Waals surface area contributed by atoms with Crippen molar-refractivity contribution in [3.8, 4) is 0 Å². The van der Waals surface area contributed by atoms with E-state index in [-0.39, 0.29) is 5.91 Å². The molecule has 0 bridgehead atoms. The molecule has 3 rings (SSSR count). The number of aromatic nitrogens is 1. The molecule has 0 spiro atoms. The summed E-state index contributed by atoms with van der Waals surface area (Å²) in [5, 5.41) is 13.8. The van der Waals surface area contributed by atoms with Crippen LogP contribution in [0.1, 0.15) is 28.4 Å². The number of nitrogens with zero attached hydrogens (tertiary/aromatic N) is 1. The highest BCUT2D eigenvalue weighted by Crippen LogP contribution is 2.17. The first-order valence-electron chi connectivity index (χ1n) is 7.60. The summed E-state index contributed by atoms with van der Waals surface area (Å²) in [6, 6.07) is 18.6. The predicted octanol–water partition coefficient (Wildman–Crippen LogP) is 3.09. The third kappa shape index (κ3) is 3.55. The monoisotopic (exact) mass is 306 g/mol. The summed E-state index contributed by atoms with van der Waals surface area (Å²) in [5.41, 5.74) is 2.25. The van der Waals surface area contributed by atoms with Crippen LogP contribution >= 0.6 is 0 Å². The van der Waals surface area contributed by atoms with Gasteiger partial charge >= 0.3 is 0 Å². The van der Waals surface area contributed by atoms with Crippen LogP contribution in [0.4, 0.5) is 0 Å². The van der Waals surface area contributed by atoms with Crippen LogP contribution in [0.5, 0.6) is 0 Å². The van der Waals surface area contributed by atoms with Gasteiger partial charge in [0.15, 0.2) is 0 Å². The molecule has 1 amide bonds. The second-order valence-electron chi connectivity index (χ2n) is 5.35. The van der Waals surface area contributed by atoms with Gasteiger partial charge in [-0.05, 0) is 30.2 Å². The topological polar surface area (TPSA) is 62.2 Å². The van der Waals surface area contributed by atoms with Crippen LogP contribution < -0.4 is 5.32 Å². The predicted molar refractivity (Wildman–Crippen MR) is 90.1 cm³/mol. The second-order valence-corrected chi connectivity index (χ2v) is 5.35. The summed E-state index contributed by atoms with van der Waals surface area (Å²) in [6.07, 6.45) is 1.60. The van der Waals surface area contributed by atoms with Crippen molar-refractivity contribution >= 4 is 16.8 Å². The van der Waals surface area contributed by atoms with Gasteiger partial charge in [0.25, 0.3) is 5.91 Å². The molecule has 0 aliphatic heterocycles. The number of benzene rings is 2. The summed E-state index contributed by atoms with van der Waals surface area (Å²) in [4.78, 5) is 16.6. The lowest BCUT2D eigenvalue weighted by Crippen LogP contribution is -2.25. The number of rotatable bonds is 5. The van der Waals surface area contributed by atoms with Crippen molar-refractivity contribution in [2.75, 3.05) is 6.54 Å². The molecule has 4 heteroatoms. The van der Waals surface area contributed by atoms with Gasteiger partial charge in [-0.15, -0.1) is 0 Å². The highest BCUT2D eigenvalue weighted by molar-refractivity contribution is 6.06. The molecule has 3 aromatic rings. The molecule has 2 aromatic carbocycles. The van der Waals surface area contributed by atoms with E-state index in [9.17, 15) is 9.90 Å². The molecule has 116 valence electrons. The Bertz CT molecular complexity index is 797. The third-order valence-corrected chi connectivity index (χ3v) is 3.78. The zero-order valence-corrected chi connectivity index (χ0v) is 12.6. The average molecular weight is 306 g/mol. The van der Waals surface area contributed by atoms with Gasteiger partial charge in [0.1, 0.15) is 0 Å². The van der Waals surface area contributed by atoms with E-state index in [4.69, 9.17) is 0 Å². The van der Waals surface area contributed by atoms with Gasteiger partial charge in [-0.1, -0.05) is 42.5 Å². The highest BCUT2D eigenvalue weighted by atomic mass is 16.3. The maximum Gasteiger partial charge on any atom is 0.251 e. The van der Waals surface area contributed by atoms with Gasteiger partial charge in [0, 0.05) is 23.7 Å². The van der Waals surface area contributed by atoms with E-state index < -0.39 is 6.10 Å². The van der Waals surface area contributed by atoms with Crippen LogP contribution in [0, 0.1) is 0 Å². The van der Waals surface area contributed by atoms with Crippen molar-refractivity contribution in [3.05, 3.63) is 78.0 Å². The number of pyridine rings is 1. The number of amides is 1. The number of hydrogen-bond acceptors (Lipinski definition) is 3. The second kappa shape index (κ2) is 7.03. The molecule has 0 fully saturated rings.